The number of nitrogens with zero attached hydrogens (tertiary/aromatic N) is 2. The fourth-order valence-corrected chi connectivity index (χ4v) is 4.69. The lowest BCUT2D eigenvalue weighted by molar-refractivity contribution is -0.118. The standard InChI is InChI=1S/C22H25N3O4S/c1-3-25(4-2)30(27,28)20-11-9-19(10-12-20)29-15-21(26)24-18-7-5-17(6-8-18)22(16-23)13-14-22/h5-12H,3-4,13-15H2,1-2H3,(H,24,26). The van der Waals surface area contributed by atoms with Crippen molar-refractivity contribution in [1.29, 1.82) is 5.26 Å². The fourth-order valence-electron chi connectivity index (χ4n) is 3.23. The Labute approximate surface area is 177 Å². The van der Waals surface area contributed by atoms with Gasteiger partial charge >= 0.3 is 0 Å². The number of benzene rings is 2. The van der Waals surface area contributed by atoms with Gasteiger partial charge in [-0.3, -0.25) is 4.79 Å². The van der Waals surface area contributed by atoms with E-state index in [9.17, 15) is 18.5 Å². The number of nitrogens with one attached hydrogen (secondary N) is 1. The van der Waals surface area contributed by atoms with Gasteiger partial charge in [-0.15, -0.1) is 0 Å². The molecule has 30 heavy (non-hydrogen) atoms. The van der Waals surface area contributed by atoms with E-state index in [1.165, 1.54) is 28.6 Å². The smallest absolute Gasteiger partial charge is 0.262 e. The molecule has 0 aromatic heterocycles. The fraction of sp³-hybridized carbons (Fsp3) is 0.364. The molecule has 7 nitrogen and oxygen atoms in total. The Hall–Kier alpha value is -2.89. The van der Waals surface area contributed by atoms with E-state index in [0.29, 0.717) is 24.5 Å². The van der Waals surface area contributed by atoms with E-state index in [1.807, 2.05) is 12.1 Å². The summed E-state index contributed by atoms with van der Waals surface area (Å²) in [6, 6.07) is 15.6. The molecular formula is C22H25N3O4S. The molecule has 0 bridgehead atoms. The van der Waals surface area contributed by atoms with Gasteiger partial charge in [0.25, 0.3) is 5.91 Å². The summed E-state index contributed by atoms with van der Waals surface area (Å²) in [7, 11) is -3.52. The molecule has 1 amide bonds. The third-order valence-corrected chi connectivity index (χ3v) is 7.29. The molecular weight excluding hydrogens is 402 g/mol. The van der Waals surface area contributed by atoms with Crippen LogP contribution < -0.4 is 10.1 Å². The van der Waals surface area contributed by atoms with Crippen LogP contribution in [0.4, 0.5) is 5.69 Å². The minimum Gasteiger partial charge on any atom is -0.484 e. The molecule has 1 aliphatic carbocycles. The van der Waals surface area contributed by atoms with Crippen molar-refractivity contribution in [3.05, 3.63) is 54.1 Å². The van der Waals surface area contributed by atoms with Crippen molar-refractivity contribution in [1.82, 2.24) is 4.31 Å². The van der Waals surface area contributed by atoms with Crippen molar-refractivity contribution in [3.8, 4) is 11.8 Å². The maximum absolute atomic E-state index is 12.5. The van der Waals surface area contributed by atoms with Gasteiger partial charge in [0.05, 0.1) is 16.4 Å². The Morgan fingerprint density at radius 2 is 1.70 bits per heavy atom. The number of amides is 1. The summed E-state index contributed by atoms with van der Waals surface area (Å²) in [5.74, 6) is 0.0766. The number of rotatable bonds is 9. The van der Waals surface area contributed by atoms with Gasteiger partial charge in [-0.05, 0) is 54.8 Å². The van der Waals surface area contributed by atoms with Crippen molar-refractivity contribution in [2.75, 3.05) is 25.0 Å². The van der Waals surface area contributed by atoms with Crippen molar-refractivity contribution >= 4 is 21.6 Å². The lowest BCUT2D eigenvalue weighted by Gasteiger charge is -2.18. The van der Waals surface area contributed by atoms with E-state index < -0.39 is 10.0 Å². The Kier molecular flexibility index (Phi) is 6.44. The Morgan fingerprint density at radius 1 is 1.10 bits per heavy atom. The van der Waals surface area contributed by atoms with Crippen LogP contribution in [0.1, 0.15) is 32.3 Å². The van der Waals surface area contributed by atoms with Gasteiger partial charge in [-0.25, -0.2) is 8.42 Å². The average Bonchev–Trinajstić information content (AvgIpc) is 3.55. The zero-order chi connectivity index (χ0) is 21.8. The van der Waals surface area contributed by atoms with E-state index in [4.69, 9.17) is 4.74 Å². The lowest BCUT2D eigenvalue weighted by Crippen LogP contribution is -2.30. The first-order valence-electron chi connectivity index (χ1n) is 9.89. The number of carbonyl (C=O) groups excluding carboxylic acids is 1. The Bertz CT molecular complexity index is 1030. The van der Waals surface area contributed by atoms with Crippen LogP contribution in [0, 0.1) is 11.3 Å². The molecule has 0 saturated heterocycles. The third kappa shape index (κ3) is 4.64. The zero-order valence-electron chi connectivity index (χ0n) is 17.1. The number of hydrogen-bond acceptors (Lipinski definition) is 5. The van der Waals surface area contributed by atoms with Crippen LogP contribution in [-0.2, 0) is 20.2 Å². The summed E-state index contributed by atoms with van der Waals surface area (Å²) in [6.07, 6.45) is 1.75. The first-order valence-corrected chi connectivity index (χ1v) is 11.3. The van der Waals surface area contributed by atoms with E-state index >= 15 is 0 Å². The van der Waals surface area contributed by atoms with Crippen LogP contribution in [0.3, 0.4) is 0 Å². The third-order valence-electron chi connectivity index (χ3n) is 5.22. The van der Waals surface area contributed by atoms with E-state index in [0.717, 1.165) is 18.4 Å². The highest BCUT2D eigenvalue weighted by Gasteiger charge is 2.44. The summed E-state index contributed by atoms with van der Waals surface area (Å²) < 4.78 is 31.8. The quantitative estimate of drug-likeness (QED) is 0.662. The van der Waals surface area contributed by atoms with Crippen molar-refractivity contribution < 1.29 is 17.9 Å². The zero-order valence-corrected chi connectivity index (χ0v) is 17.9. The van der Waals surface area contributed by atoms with Crippen LogP contribution in [0.25, 0.3) is 0 Å². The Balaban J connectivity index is 1.54. The molecule has 0 aliphatic heterocycles. The lowest BCUT2D eigenvalue weighted by atomic mass is 9.98. The highest BCUT2D eigenvalue weighted by molar-refractivity contribution is 7.89. The molecule has 2 aromatic carbocycles. The van der Waals surface area contributed by atoms with E-state index in [-0.39, 0.29) is 22.8 Å². The maximum atomic E-state index is 12.5. The second-order valence-electron chi connectivity index (χ2n) is 7.17. The van der Waals surface area contributed by atoms with Crippen molar-refractivity contribution in [3.63, 3.8) is 0 Å². The Morgan fingerprint density at radius 3 is 2.20 bits per heavy atom. The normalized spacial score (nSPS) is 14.7. The van der Waals surface area contributed by atoms with Gasteiger partial charge in [0.15, 0.2) is 6.61 Å². The van der Waals surface area contributed by atoms with Gasteiger partial charge in [0.2, 0.25) is 10.0 Å². The summed E-state index contributed by atoms with van der Waals surface area (Å²) in [5.41, 5.74) is 1.25. The monoisotopic (exact) mass is 427 g/mol. The predicted molar refractivity (Wildman–Crippen MR) is 114 cm³/mol. The number of ether oxygens (including phenoxy) is 1. The number of sulfonamides is 1. The molecule has 158 valence electrons. The second-order valence-corrected chi connectivity index (χ2v) is 9.11. The van der Waals surface area contributed by atoms with Gasteiger partial charge < -0.3 is 10.1 Å². The molecule has 1 N–H and O–H groups in total. The minimum absolute atomic E-state index is 0.189. The second kappa shape index (κ2) is 8.86. The van der Waals surface area contributed by atoms with Gasteiger partial charge in [0.1, 0.15) is 5.75 Å². The summed E-state index contributed by atoms with van der Waals surface area (Å²) in [5, 5.41) is 12.0. The molecule has 0 atom stereocenters. The molecule has 0 heterocycles. The van der Waals surface area contributed by atoms with Gasteiger partial charge in [0, 0.05) is 18.8 Å². The first-order chi connectivity index (χ1) is 14.3. The highest BCUT2D eigenvalue weighted by Crippen LogP contribution is 2.47. The molecule has 0 unspecified atom stereocenters. The molecule has 1 fully saturated rings. The molecule has 0 radical (unpaired) electrons. The van der Waals surface area contributed by atoms with Gasteiger partial charge in [-0.2, -0.15) is 9.57 Å². The largest absolute Gasteiger partial charge is 0.484 e. The topological polar surface area (TPSA) is 99.5 Å². The first kappa shape index (κ1) is 21.8. The van der Waals surface area contributed by atoms with Crippen molar-refractivity contribution in [2.45, 2.75) is 37.0 Å². The number of anilines is 1. The van der Waals surface area contributed by atoms with E-state index in [1.54, 1.807) is 26.0 Å². The van der Waals surface area contributed by atoms with Crippen LogP contribution in [-0.4, -0.2) is 38.3 Å². The van der Waals surface area contributed by atoms with Crippen LogP contribution in [0.2, 0.25) is 0 Å². The molecule has 3 rings (SSSR count). The number of carbonyl (C=O) groups is 1. The maximum Gasteiger partial charge on any atom is 0.262 e. The molecule has 2 aromatic rings. The van der Waals surface area contributed by atoms with Crippen LogP contribution in [0.15, 0.2) is 53.4 Å². The highest BCUT2D eigenvalue weighted by atomic mass is 32.2. The molecule has 8 heteroatoms. The minimum atomic E-state index is -3.52. The molecule has 1 saturated carbocycles. The predicted octanol–water partition coefficient (Wildman–Crippen LogP) is 3.29. The molecule has 1 aliphatic rings. The number of nitriles is 1. The van der Waals surface area contributed by atoms with Gasteiger partial charge in [-0.1, -0.05) is 26.0 Å². The summed E-state index contributed by atoms with van der Waals surface area (Å²) >= 11 is 0. The van der Waals surface area contributed by atoms with E-state index in [2.05, 4.69) is 11.4 Å². The van der Waals surface area contributed by atoms with Crippen LogP contribution in [0.5, 0.6) is 5.75 Å². The summed E-state index contributed by atoms with van der Waals surface area (Å²) in [4.78, 5) is 12.3. The van der Waals surface area contributed by atoms with Crippen LogP contribution >= 0.6 is 0 Å². The SMILES string of the molecule is CCN(CC)S(=O)(=O)c1ccc(OCC(=O)Nc2ccc(C3(C#N)CC3)cc2)cc1. The average molecular weight is 428 g/mol. The number of hydrogen-bond donors (Lipinski definition) is 1. The molecule has 0 spiro atoms. The van der Waals surface area contributed by atoms with Crippen molar-refractivity contribution in [2.24, 2.45) is 0 Å². The summed E-state index contributed by atoms with van der Waals surface area (Å²) in [6.45, 7) is 4.17.